The minimum atomic E-state index is -3.58. The van der Waals surface area contributed by atoms with Crippen LogP contribution in [0.5, 0.6) is 0 Å². The van der Waals surface area contributed by atoms with Crippen molar-refractivity contribution >= 4 is 15.7 Å². The Labute approximate surface area is 197 Å². The minimum absolute atomic E-state index is 0.0411. The highest BCUT2D eigenvalue weighted by molar-refractivity contribution is 7.92. The molecule has 1 fully saturated rings. The number of sulfonamides is 1. The first-order valence-electron chi connectivity index (χ1n) is 11.1. The smallest absolute Gasteiger partial charge is 0.314 e. The van der Waals surface area contributed by atoms with Gasteiger partial charge in [0.2, 0.25) is 15.9 Å². The van der Waals surface area contributed by atoms with Crippen molar-refractivity contribution in [1.82, 2.24) is 20.1 Å². The van der Waals surface area contributed by atoms with Gasteiger partial charge in [-0.15, -0.1) is 10.2 Å². The maximum atomic E-state index is 13.0. The average Bonchev–Trinajstić information content (AvgIpc) is 3.34. The second-order valence-electron chi connectivity index (χ2n) is 8.36. The summed E-state index contributed by atoms with van der Waals surface area (Å²) in [4.78, 5) is 6.61. The molecular formula is C23H27F2N5O3S. The van der Waals surface area contributed by atoms with Gasteiger partial charge in [0.15, 0.2) is 0 Å². The maximum Gasteiger partial charge on any atom is 0.314 e. The number of anilines is 1. The van der Waals surface area contributed by atoms with Crippen molar-refractivity contribution in [2.75, 3.05) is 30.2 Å². The van der Waals surface area contributed by atoms with Crippen LogP contribution >= 0.6 is 0 Å². The minimum Gasteiger partial charge on any atom is -0.415 e. The average molecular weight is 492 g/mol. The van der Waals surface area contributed by atoms with E-state index in [-0.39, 0.29) is 18.2 Å². The Kier molecular flexibility index (Phi) is 7.22. The van der Waals surface area contributed by atoms with Gasteiger partial charge < -0.3 is 9.32 Å². The van der Waals surface area contributed by atoms with E-state index in [1.165, 1.54) is 10.5 Å². The Morgan fingerprint density at radius 1 is 1.18 bits per heavy atom. The first kappa shape index (κ1) is 24.2. The van der Waals surface area contributed by atoms with E-state index in [0.717, 1.165) is 31.5 Å². The molecule has 0 atom stereocenters. The molecule has 0 bridgehead atoms. The Hall–Kier alpha value is -2.92. The van der Waals surface area contributed by atoms with Crippen LogP contribution in [-0.2, 0) is 16.6 Å². The van der Waals surface area contributed by atoms with Crippen molar-refractivity contribution in [1.29, 1.82) is 0 Å². The van der Waals surface area contributed by atoms with E-state index < -0.39 is 22.3 Å². The largest absolute Gasteiger partial charge is 0.415 e. The number of pyridine rings is 1. The highest BCUT2D eigenvalue weighted by Gasteiger charge is 2.24. The number of likely N-dealkylation sites (tertiary alicyclic amines) is 1. The molecule has 2 aromatic heterocycles. The molecular weight excluding hydrogens is 464 g/mol. The molecule has 3 aromatic rings. The van der Waals surface area contributed by atoms with Crippen LogP contribution in [0.4, 0.5) is 14.5 Å². The summed E-state index contributed by atoms with van der Waals surface area (Å²) in [5, 5.41) is 6.92. The fourth-order valence-corrected chi connectivity index (χ4v) is 5.09. The van der Waals surface area contributed by atoms with Gasteiger partial charge in [-0.1, -0.05) is 12.1 Å². The van der Waals surface area contributed by atoms with E-state index in [2.05, 4.69) is 33.2 Å². The molecule has 0 spiro atoms. The van der Waals surface area contributed by atoms with Gasteiger partial charge >= 0.3 is 6.43 Å². The summed E-state index contributed by atoms with van der Waals surface area (Å²) in [6.45, 7) is 3.68. The Morgan fingerprint density at radius 3 is 2.56 bits per heavy atom. The van der Waals surface area contributed by atoms with Crippen LogP contribution in [0.1, 0.15) is 49.3 Å². The van der Waals surface area contributed by atoms with Gasteiger partial charge in [-0.3, -0.25) is 9.29 Å². The molecule has 1 aromatic carbocycles. The summed E-state index contributed by atoms with van der Waals surface area (Å²) in [6, 6.07) is 10.9. The number of hydrogen-bond donors (Lipinski definition) is 0. The number of benzene rings is 1. The molecule has 1 aliphatic rings. The van der Waals surface area contributed by atoms with Crippen LogP contribution in [0.2, 0.25) is 0 Å². The van der Waals surface area contributed by atoms with Crippen molar-refractivity contribution in [3.8, 4) is 11.5 Å². The lowest BCUT2D eigenvalue weighted by Crippen LogP contribution is -2.32. The van der Waals surface area contributed by atoms with Gasteiger partial charge in [-0.05, 0) is 75.6 Å². The lowest BCUT2D eigenvalue weighted by molar-refractivity contribution is 0.116. The fraction of sp³-hybridized carbons (Fsp3) is 0.435. The number of aromatic nitrogens is 3. The third-order valence-electron chi connectivity index (χ3n) is 6.05. The molecule has 11 heteroatoms. The van der Waals surface area contributed by atoms with Gasteiger partial charge in [0.05, 0.1) is 29.2 Å². The molecule has 1 aliphatic heterocycles. The zero-order chi connectivity index (χ0) is 24.3. The highest BCUT2D eigenvalue weighted by atomic mass is 32.2. The number of rotatable bonds is 8. The van der Waals surface area contributed by atoms with Crippen LogP contribution in [0, 0.1) is 0 Å². The van der Waals surface area contributed by atoms with E-state index in [1.807, 2.05) is 12.1 Å². The van der Waals surface area contributed by atoms with Crippen molar-refractivity contribution in [3.05, 3.63) is 59.7 Å². The van der Waals surface area contributed by atoms with E-state index >= 15 is 0 Å². The van der Waals surface area contributed by atoms with Crippen LogP contribution < -0.4 is 4.31 Å². The molecule has 0 N–H and O–H groups in total. The SMILES string of the molecule is CCS(=O)(=O)N(Cc1ccc(-c2nnc(C(F)F)o2)cn1)c1cccc(C2CCN(C)CC2)c1. The number of halogens is 2. The zero-order valence-electron chi connectivity index (χ0n) is 19.1. The standard InChI is InChI=1S/C23H27F2N5O3S/c1-3-34(31,32)30(20-6-4-5-17(13-20)16-9-11-29(2)12-10-16)15-19-8-7-18(14-26-19)22-27-28-23(33-22)21(24)25/h4-8,13-14,16,21H,3,9-12,15H2,1-2H3. The third-order valence-corrected chi connectivity index (χ3v) is 7.79. The molecule has 34 heavy (non-hydrogen) atoms. The molecule has 0 radical (unpaired) electrons. The van der Waals surface area contributed by atoms with Crippen LogP contribution in [0.25, 0.3) is 11.5 Å². The lowest BCUT2D eigenvalue weighted by atomic mass is 9.89. The topological polar surface area (TPSA) is 92.4 Å². The number of nitrogens with zero attached hydrogens (tertiary/aromatic N) is 5. The van der Waals surface area contributed by atoms with E-state index in [1.54, 1.807) is 25.1 Å². The monoisotopic (exact) mass is 491 g/mol. The predicted molar refractivity (Wildman–Crippen MR) is 124 cm³/mol. The summed E-state index contributed by atoms with van der Waals surface area (Å²) in [7, 11) is -1.47. The first-order chi connectivity index (χ1) is 16.3. The fourth-order valence-electron chi connectivity index (χ4n) is 4.01. The zero-order valence-corrected chi connectivity index (χ0v) is 19.9. The van der Waals surface area contributed by atoms with Gasteiger partial charge in [0.1, 0.15) is 0 Å². The molecule has 182 valence electrons. The Bertz CT molecular complexity index is 1210. The molecule has 1 saturated heterocycles. The maximum absolute atomic E-state index is 13.0. The predicted octanol–water partition coefficient (Wildman–Crippen LogP) is 4.23. The molecule has 0 saturated carbocycles. The third kappa shape index (κ3) is 5.41. The normalized spacial score (nSPS) is 15.7. The van der Waals surface area contributed by atoms with Crippen LogP contribution in [-0.4, -0.2) is 54.4 Å². The molecule has 0 aliphatic carbocycles. The molecule has 3 heterocycles. The van der Waals surface area contributed by atoms with Crippen molar-refractivity contribution < 1.29 is 21.6 Å². The van der Waals surface area contributed by atoms with Crippen molar-refractivity contribution in [2.24, 2.45) is 0 Å². The molecule has 8 nitrogen and oxygen atoms in total. The van der Waals surface area contributed by atoms with Crippen LogP contribution in [0.15, 0.2) is 47.0 Å². The molecule has 0 amide bonds. The lowest BCUT2D eigenvalue weighted by Gasteiger charge is -2.30. The summed E-state index contributed by atoms with van der Waals surface area (Å²) < 4.78 is 57.7. The number of piperidine rings is 1. The number of alkyl halides is 2. The van der Waals surface area contributed by atoms with Gasteiger partial charge in [-0.2, -0.15) is 8.78 Å². The Balaban J connectivity index is 1.57. The van der Waals surface area contributed by atoms with Gasteiger partial charge in [0, 0.05) is 6.20 Å². The van der Waals surface area contributed by atoms with Crippen molar-refractivity contribution in [3.63, 3.8) is 0 Å². The highest BCUT2D eigenvalue weighted by Crippen LogP contribution is 2.31. The summed E-state index contributed by atoms with van der Waals surface area (Å²) in [5.74, 6) is -0.490. The van der Waals surface area contributed by atoms with E-state index in [0.29, 0.717) is 22.9 Å². The second kappa shape index (κ2) is 10.1. The van der Waals surface area contributed by atoms with Gasteiger partial charge in [-0.25, -0.2) is 8.42 Å². The Morgan fingerprint density at radius 2 is 1.94 bits per heavy atom. The summed E-state index contributed by atoms with van der Waals surface area (Å²) in [5.41, 5.74) is 2.61. The quantitative estimate of drug-likeness (QED) is 0.465. The van der Waals surface area contributed by atoms with Crippen molar-refractivity contribution in [2.45, 2.75) is 38.7 Å². The molecule has 4 rings (SSSR count). The van der Waals surface area contributed by atoms with E-state index in [9.17, 15) is 17.2 Å². The summed E-state index contributed by atoms with van der Waals surface area (Å²) in [6.07, 6.45) is 0.620. The van der Waals surface area contributed by atoms with Crippen LogP contribution in [0.3, 0.4) is 0 Å². The number of hydrogen-bond acceptors (Lipinski definition) is 7. The first-order valence-corrected chi connectivity index (χ1v) is 12.7. The molecule has 0 unspecified atom stereocenters. The summed E-state index contributed by atoms with van der Waals surface area (Å²) >= 11 is 0. The van der Waals surface area contributed by atoms with Gasteiger partial charge in [0.25, 0.3) is 5.89 Å². The van der Waals surface area contributed by atoms with E-state index in [4.69, 9.17) is 4.42 Å². The second-order valence-corrected chi connectivity index (χ2v) is 10.5.